The van der Waals surface area contributed by atoms with Crippen molar-refractivity contribution in [3.8, 4) is 22.6 Å². The Morgan fingerprint density at radius 3 is 2.40 bits per heavy atom. The summed E-state index contributed by atoms with van der Waals surface area (Å²) < 4.78 is 30.1. The minimum Gasteiger partial charge on any atom is -0.495 e. The minimum absolute atomic E-state index is 0.0263. The number of hydrogen-bond acceptors (Lipinski definition) is 9. The normalized spacial score (nSPS) is 19.3. The Morgan fingerprint density at radius 1 is 0.903 bits per heavy atom. The molecule has 9 rings (SSSR count). The van der Waals surface area contributed by atoms with Crippen molar-refractivity contribution < 1.29 is 33.3 Å². The van der Waals surface area contributed by atoms with Gasteiger partial charge in [-0.25, -0.2) is 9.59 Å². The maximum atomic E-state index is 12.6. The molecule has 0 aromatic heterocycles. The number of hydrogen-bond donors (Lipinski definition) is 1. The summed E-state index contributed by atoms with van der Waals surface area (Å²) in [4.78, 5) is 28.9. The van der Waals surface area contributed by atoms with Gasteiger partial charge in [0.1, 0.15) is 18.1 Å². The first kappa shape index (κ1) is 40.9. The van der Waals surface area contributed by atoms with E-state index >= 15 is 0 Å². The van der Waals surface area contributed by atoms with Crippen molar-refractivity contribution in [2.75, 3.05) is 69.5 Å². The number of methoxy groups -OCH3 is 1. The summed E-state index contributed by atoms with van der Waals surface area (Å²) >= 11 is 0. The maximum absolute atomic E-state index is 12.6. The van der Waals surface area contributed by atoms with Crippen molar-refractivity contribution in [1.29, 1.82) is 0 Å². The first-order valence-electron chi connectivity index (χ1n) is 21.5. The number of alkyl carbamates (subject to hydrolysis) is 1. The lowest BCUT2D eigenvalue weighted by Gasteiger charge is -2.39. The topological polar surface area (TPSA) is 98.8 Å². The third kappa shape index (κ3) is 7.36. The number of anilines is 2. The molecule has 1 unspecified atom stereocenters. The average molecular weight is 832 g/mol. The van der Waals surface area contributed by atoms with Gasteiger partial charge >= 0.3 is 12.1 Å². The number of esters is 1. The third-order valence-electron chi connectivity index (χ3n) is 12.7. The molecule has 2 saturated heterocycles. The van der Waals surface area contributed by atoms with Gasteiger partial charge in [0.2, 0.25) is 0 Å². The quantitative estimate of drug-likeness (QED) is 0.0639. The second-order valence-corrected chi connectivity index (χ2v) is 17.0. The Balaban J connectivity index is 1.12. The van der Waals surface area contributed by atoms with Gasteiger partial charge in [-0.1, -0.05) is 93.2 Å². The molecule has 2 fully saturated rings. The average Bonchev–Trinajstić information content (AvgIpc) is 3.56. The van der Waals surface area contributed by atoms with Crippen LogP contribution in [0.5, 0.6) is 11.5 Å². The van der Waals surface area contributed by atoms with E-state index in [-0.39, 0.29) is 18.6 Å². The summed E-state index contributed by atoms with van der Waals surface area (Å²) in [6.45, 7) is 14.5. The van der Waals surface area contributed by atoms with Crippen molar-refractivity contribution >= 4 is 40.3 Å². The highest BCUT2D eigenvalue weighted by molar-refractivity contribution is 6.10. The van der Waals surface area contributed by atoms with Crippen LogP contribution in [0.25, 0.3) is 28.0 Å². The van der Waals surface area contributed by atoms with Crippen molar-refractivity contribution in [2.45, 2.75) is 44.6 Å². The first-order valence-corrected chi connectivity index (χ1v) is 21.5. The SMILES string of the molecule is C=C(C)C(=O)OCCNC(=O)OC=C1CCCN(c2cc3c4c(c5c(c3cc2OC)OC(c2ccccc2)(c2ccc(N3CCOCC3)cc2)C=C5)C(C)(C)c2ccccc2-4)C1. The molecule has 0 radical (unpaired) electrons. The van der Waals surface area contributed by atoms with Gasteiger partial charge in [-0.05, 0) is 83.3 Å². The van der Waals surface area contributed by atoms with E-state index in [1.54, 1.807) is 20.3 Å². The molecule has 3 aliphatic heterocycles. The Hall–Kier alpha value is -6.52. The van der Waals surface area contributed by atoms with E-state index in [1.807, 2.05) is 6.07 Å². The second-order valence-electron chi connectivity index (χ2n) is 17.0. The predicted molar refractivity (Wildman–Crippen MR) is 244 cm³/mol. The van der Waals surface area contributed by atoms with Crippen molar-refractivity contribution in [3.63, 3.8) is 0 Å². The molecular weight excluding hydrogens is 779 g/mol. The highest BCUT2D eigenvalue weighted by Gasteiger charge is 2.44. The largest absolute Gasteiger partial charge is 0.495 e. The van der Waals surface area contributed by atoms with Crippen LogP contribution in [0.3, 0.4) is 0 Å². The van der Waals surface area contributed by atoms with Gasteiger partial charge in [0.15, 0.2) is 5.60 Å². The summed E-state index contributed by atoms with van der Waals surface area (Å²) in [6.07, 6.45) is 7.12. The van der Waals surface area contributed by atoms with E-state index in [2.05, 4.69) is 133 Å². The third-order valence-corrected chi connectivity index (χ3v) is 12.7. The number of nitrogens with zero attached hydrogens (tertiary/aromatic N) is 2. The number of fused-ring (bicyclic) bond motifs is 8. The van der Waals surface area contributed by atoms with Crippen LogP contribution in [-0.4, -0.2) is 71.7 Å². The van der Waals surface area contributed by atoms with Gasteiger partial charge in [0.25, 0.3) is 0 Å². The molecule has 1 amide bonds. The molecule has 0 bridgehead atoms. The van der Waals surface area contributed by atoms with E-state index < -0.39 is 17.7 Å². The number of piperidine rings is 1. The van der Waals surface area contributed by atoms with Gasteiger partial charge in [-0.15, -0.1) is 0 Å². The van der Waals surface area contributed by atoms with Crippen LogP contribution < -0.4 is 24.6 Å². The molecule has 4 aliphatic rings. The Kier molecular flexibility index (Phi) is 11.0. The molecule has 1 N–H and O–H groups in total. The van der Waals surface area contributed by atoms with E-state index in [0.717, 1.165) is 95.9 Å². The monoisotopic (exact) mass is 831 g/mol. The zero-order valence-electron chi connectivity index (χ0n) is 35.9. The van der Waals surface area contributed by atoms with Crippen LogP contribution in [0.4, 0.5) is 16.2 Å². The number of benzene rings is 5. The molecule has 10 heteroatoms. The van der Waals surface area contributed by atoms with Crippen molar-refractivity contribution in [3.05, 3.63) is 149 Å². The van der Waals surface area contributed by atoms with Crippen LogP contribution in [0.1, 0.15) is 61.4 Å². The van der Waals surface area contributed by atoms with Crippen molar-refractivity contribution in [1.82, 2.24) is 5.32 Å². The zero-order chi connectivity index (χ0) is 43.0. The lowest BCUT2D eigenvalue weighted by molar-refractivity contribution is -0.138. The van der Waals surface area contributed by atoms with E-state index in [4.69, 9.17) is 23.7 Å². The van der Waals surface area contributed by atoms with Crippen LogP contribution in [0.15, 0.2) is 121 Å². The summed E-state index contributed by atoms with van der Waals surface area (Å²) in [5.41, 5.74) is 10.3. The maximum Gasteiger partial charge on any atom is 0.412 e. The van der Waals surface area contributed by atoms with E-state index in [1.165, 1.54) is 27.9 Å². The molecule has 3 heterocycles. The van der Waals surface area contributed by atoms with Gasteiger partial charge in [0.05, 0.1) is 38.8 Å². The van der Waals surface area contributed by atoms with Crippen molar-refractivity contribution in [2.24, 2.45) is 0 Å². The summed E-state index contributed by atoms with van der Waals surface area (Å²) in [5.74, 6) is 1.05. The summed E-state index contributed by atoms with van der Waals surface area (Å²) in [7, 11) is 1.72. The molecule has 62 heavy (non-hydrogen) atoms. The molecule has 5 aromatic rings. The highest BCUT2D eigenvalue weighted by Crippen LogP contribution is 2.59. The second kappa shape index (κ2) is 16.7. The number of carbonyl (C=O) groups is 2. The summed E-state index contributed by atoms with van der Waals surface area (Å²) in [6, 6.07) is 32.5. The fraction of sp³-hybridized carbons (Fsp3) is 0.308. The van der Waals surface area contributed by atoms with Gasteiger partial charge < -0.3 is 38.8 Å². The highest BCUT2D eigenvalue weighted by atomic mass is 16.5. The number of rotatable bonds is 10. The lowest BCUT2D eigenvalue weighted by Crippen LogP contribution is -2.37. The van der Waals surface area contributed by atoms with E-state index in [9.17, 15) is 9.59 Å². The minimum atomic E-state index is -0.908. The molecule has 318 valence electrons. The Bertz CT molecular complexity index is 2610. The van der Waals surface area contributed by atoms with Crippen LogP contribution >= 0.6 is 0 Å². The molecule has 10 nitrogen and oxygen atoms in total. The molecular formula is C52H53N3O7. The Morgan fingerprint density at radius 2 is 1.65 bits per heavy atom. The lowest BCUT2D eigenvalue weighted by atomic mass is 9.76. The van der Waals surface area contributed by atoms with Crippen LogP contribution in [0, 0.1) is 0 Å². The van der Waals surface area contributed by atoms with Gasteiger partial charge in [-0.3, -0.25) is 0 Å². The number of ether oxygens (including phenoxy) is 5. The smallest absolute Gasteiger partial charge is 0.412 e. The molecule has 0 spiro atoms. The fourth-order valence-corrected chi connectivity index (χ4v) is 9.58. The number of morpholine rings is 1. The fourth-order valence-electron chi connectivity index (χ4n) is 9.58. The van der Waals surface area contributed by atoms with Gasteiger partial charge in [-0.2, -0.15) is 0 Å². The molecule has 1 atom stereocenters. The first-order chi connectivity index (χ1) is 30.1. The molecule has 0 saturated carbocycles. The Labute approximate surface area is 363 Å². The van der Waals surface area contributed by atoms with E-state index in [0.29, 0.717) is 12.1 Å². The van der Waals surface area contributed by atoms with Crippen LogP contribution in [-0.2, 0) is 30.0 Å². The number of nitrogens with one attached hydrogen (secondary N) is 1. The molecule has 1 aliphatic carbocycles. The number of carbonyl (C=O) groups excluding carboxylic acids is 2. The zero-order valence-corrected chi connectivity index (χ0v) is 35.9. The number of amides is 1. The predicted octanol–water partition coefficient (Wildman–Crippen LogP) is 9.67. The van der Waals surface area contributed by atoms with Crippen LogP contribution in [0.2, 0.25) is 0 Å². The van der Waals surface area contributed by atoms with Gasteiger partial charge in [0, 0.05) is 64.9 Å². The summed E-state index contributed by atoms with van der Waals surface area (Å²) in [5, 5.41) is 4.70. The standard InChI is InChI=1S/C52H53N3O7/c1-34(2)49(56)60-27-23-53-50(57)61-33-35-12-11-24-55(32-35)44-30-41-42(31-45(44)58-5)48-40(47-46(41)39-15-9-10-16-43(39)51(47,3)4)21-22-52(62-48,36-13-7-6-8-14-36)37-17-19-38(20-18-37)54-25-28-59-29-26-54/h6-10,13-22,30-31,33H,1,11-12,23-29,32H2,2-5H3,(H,53,57). The molecule has 5 aromatic carbocycles.